The van der Waals surface area contributed by atoms with E-state index in [0.29, 0.717) is 26.9 Å². The molecule has 0 saturated carbocycles. The van der Waals surface area contributed by atoms with Gasteiger partial charge in [0, 0.05) is 26.7 Å². The van der Waals surface area contributed by atoms with Gasteiger partial charge in [-0.25, -0.2) is 0 Å². The molecule has 0 bridgehead atoms. The summed E-state index contributed by atoms with van der Waals surface area (Å²) in [6.45, 7) is -0.847. The van der Waals surface area contributed by atoms with Crippen LogP contribution in [-0.4, -0.2) is 64.0 Å². The molecule has 3 aromatic carbocycles. The van der Waals surface area contributed by atoms with Gasteiger partial charge in [-0.1, -0.05) is 47.5 Å². The van der Waals surface area contributed by atoms with Crippen LogP contribution in [-0.2, 0) is 9.59 Å². The van der Waals surface area contributed by atoms with Gasteiger partial charge in [0.2, 0.25) is 5.91 Å². The first-order valence-electron chi connectivity index (χ1n) is 11.7. The molecule has 8 nitrogen and oxygen atoms in total. The van der Waals surface area contributed by atoms with E-state index in [1.54, 1.807) is 66.7 Å². The van der Waals surface area contributed by atoms with Crippen molar-refractivity contribution in [3.05, 3.63) is 97.0 Å². The minimum absolute atomic E-state index is 0.0716. The number of carbonyl (C=O) groups is 3. The zero-order valence-corrected chi connectivity index (χ0v) is 23.7. The fourth-order valence-electron chi connectivity index (χ4n) is 4.42. The summed E-state index contributed by atoms with van der Waals surface area (Å²) >= 11 is 14.3. The van der Waals surface area contributed by atoms with E-state index in [2.05, 4.69) is 27.9 Å². The normalized spacial score (nSPS) is 15.9. The van der Waals surface area contributed by atoms with E-state index in [0.717, 1.165) is 3.57 Å². The van der Waals surface area contributed by atoms with Crippen LogP contribution in [0.4, 0.5) is 5.69 Å². The molecular formula is C27H24Cl2IN3O5. The number of hydrogen-bond donors (Lipinski definition) is 3. The zero-order valence-electron chi connectivity index (χ0n) is 20.0. The van der Waals surface area contributed by atoms with Gasteiger partial charge in [0.25, 0.3) is 11.8 Å². The van der Waals surface area contributed by atoms with Gasteiger partial charge >= 0.3 is 0 Å². The Balaban J connectivity index is 1.97. The van der Waals surface area contributed by atoms with E-state index in [1.165, 1.54) is 9.80 Å². The molecule has 0 spiro atoms. The Morgan fingerprint density at radius 3 is 2.11 bits per heavy atom. The molecule has 2 unspecified atom stereocenters. The Bertz CT molecular complexity index is 1330. The highest BCUT2D eigenvalue weighted by molar-refractivity contribution is 14.1. The lowest BCUT2D eigenvalue weighted by molar-refractivity contribution is -0.139. The summed E-state index contributed by atoms with van der Waals surface area (Å²) in [5, 5.41) is 22.9. The van der Waals surface area contributed by atoms with Gasteiger partial charge in [-0.2, -0.15) is 0 Å². The lowest BCUT2D eigenvalue weighted by atomic mass is 9.96. The van der Waals surface area contributed by atoms with Gasteiger partial charge in [0.1, 0.15) is 12.1 Å². The minimum Gasteiger partial charge on any atom is -0.395 e. The number of aliphatic hydroxyl groups excluding tert-OH is 2. The summed E-state index contributed by atoms with van der Waals surface area (Å²) in [4.78, 5) is 44.7. The summed E-state index contributed by atoms with van der Waals surface area (Å²) in [5.41, 5.74) is 1.41. The van der Waals surface area contributed by atoms with Crippen molar-refractivity contribution < 1.29 is 24.6 Å². The van der Waals surface area contributed by atoms with Crippen molar-refractivity contribution in [3.63, 3.8) is 0 Å². The predicted molar refractivity (Wildman–Crippen MR) is 153 cm³/mol. The number of anilines is 1. The Labute approximate surface area is 243 Å². The average molecular weight is 668 g/mol. The summed E-state index contributed by atoms with van der Waals surface area (Å²) in [5.74, 6) is -1.62. The first kappa shape index (κ1) is 28.3. The highest BCUT2D eigenvalue weighted by atomic mass is 127. The third-order valence-corrected chi connectivity index (χ3v) is 7.34. The SMILES string of the molecule is O=C1Nc2ccc(I)cc2C(=O)N(C(C(=O)N(CCO)CCO)c2ccc(Cl)cc2)C1c1ccc(Cl)cc1. The molecule has 0 aromatic heterocycles. The van der Waals surface area contributed by atoms with Crippen molar-refractivity contribution in [3.8, 4) is 0 Å². The number of hydrogen-bond acceptors (Lipinski definition) is 5. The van der Waals surface area contributed by atoms with E-state index in [-0.39, 0.29) is 31.9 Å². The molecule has 0 aliphatic carbocycles. The highest BCUT2D eigenvalue weighted by Gasteiger charge is 2.44. The Kier molecular flexibility index (Phi) is 9.27. The monoisotopic (exact) mass is 667 g/mol. The molecule has 3 aromatic rings. The molecule has 0 radical (unpaired) electrons. The van der Waals surface area contributed by atoms with Crippen LogP contribution in [0, 0.1) is 3.57 Å². The Morgan fingerprint density at radius 2 is 1.53 bits per heavy atom. The van der Waals surface area contributed by atoms with Crippen molar-refractivity contribution in [2.75, 3.05) is 31.6 Å². The number of benzene rings is 3. The molecule has 1 aliphatic heterocycles. The number of amides is 3. The number of rotatable bonds is 8. The van der Waals surface area contributed by atoms with Crippen molar-refractivity contribution >= 4 is 69.2 Å². The van der Waals surface area contributed by atoms with E-state index in [1.807, 2.05) is 0 Å². The fourth-order valence-corrected chi connectivity index (χ4v) is 5.17. The summed E-state index contributed by atoms with van der Waals surface area (Å²) in [6.07, 6.45) is 0. The maximum absolute atomic E-state index is 14.3. The van der Waals surface area contributed by atoms with Gasteiger partial charge in [-0.3, -0.25) is 14.4 Å². The third-order valence-electron chi connectivity index (χ3n) is 6.17. The van der Waals surface area contributed by atoms with Crippen LogP contribution in [0.3, 0.4) is 0 Å². The zero-order chi connectivity index (χ0) is 27.4. The maximum Gasteiger partial charge on any atom is 0.257 e. The molecule has 4 rings (SSSR count). The van der Waals surface area contributed by atoms with Crippen molar-refractivity contribution in [1.29, 1.82) is 0 Å². The first-order valence-corrected chi connectivity index (χ1v) is 13.5. The largest absolute Gasteiger partial charge is 0.395 e. The van der Waals surface area contributed by atoms with Crippen LogP contribution in [0.15, 0.2) is 66.7 Å². The maximum atomic E-state index is 14.3. The van der Waals surface area contributed by atoms with Crippen molar-refractivity contribution in [1.82, 2.24) is 9.80 Å². The molecule has 198 valence electrons. The molecule has 0 fully saturated rings. The molecular weight excluding hydrogens is 644 g/mol. The molecule has 3 amide bonds. The fraction of sp³-hybridized carbons (Fsp3) is 0.222. The van der Waals surface area contributed by atoms with Crippen LogP contribution in [0.5, 0.6) is 0 Å². The summed E-state index contributed by atoms with van der Waals surface area (Å²) < 4.78 is 0.769. The standard InChI is InChI=1S/C27H24Cl2IN3O5/c28-18-5-1-16(2-6-18)23-25(36)31-22-10-9-20(30)15-21(22)26(37)33(23)24(17-3-7-19(29)8-4-17)27(38)32(11-13-34)12-14-35/h1-10,15,23-24,34-35H,11-14H2,(H,31,36). The number of fused-ring (bicyclic) bond motifs is 1. The van der Waals surface area contributed by atoms with E-state index in [9.17, 15) is 24.6 Å². The van der Waals surface area contributed by atoms with Crippen LogP contribution in [0.1, 0.15) is 33.6 Å². The average Bonchev–Trinajstić information content (AvgIpc) is 3.00. The minimum atomic E-state index is -1.28. The lowest BCUT2D eigenvalue weighted by Gasteiger charge is -2.38. The number of aliphatic hydroxyl groups is 2. The Hall–Kier alpha value is -2.70. The smallest absolute Gasteiger partial charge is 0.257 e. The first-order chi connectivity index (χ1) is 18.2. The second kappa shape index (κ2) is 12.4. The highest BCUT2D eigenvalue weighted by Crippen LogP contribution is 2.39. The molecule has 11 heteroatoms. The quantitative estimate of drug-likeness (QED) is 0.311. The molecule has 1 heterocycles. The van der Waals surface area contributed by atoms with Gasteiger partial charge in [0.05, 0.1) is 24.5 Å². The van der Waals surface area contributed by atoms with Crippen molar-refractivity contribution in [2.24, 2.45) is 0 Å². The molecule has 2 atom stereocenters. The van der Waals surface area contributed by atoms with E-state index < -0.39 is 29.8 Å². The van der Waals surface area contributed by atoms with Gasteiger partial charge in [0.15, 0.2) is 0 Å². The van der Waals surface area contributed by atoms with Gasteiger partial charge < -0.3 is 25.3 Å². The summed E-state index contributed by atoms with van der Waals surface area (Å²) in [6, 6.07) is 15.5. The number of nitrogens with one attached hydrogen (secondary N) is 1. The Morgan fingerprint density at radius 1 is 0.947 bits per heavy atom. The van der Waals surface area contributed by atoms with Gasteiger partial charge in [-0.15, -0.1) is 0 Å². The third kappa shape index (κ3) is 5.97. The van der Waals surface area contributed by atoms with Crippen LogP contribution < -0.4 is 5.32 Å². The van der Waals surface area contributed by atoms with Crippen LogP contribution in [0.2, 0.25) is 10.0 Å². The number of nitrogens with zero attached hydrogens (tertiary/aromatic N) is 2. The second-order valence-corrected chi connectivity index (χ2v) is 10.7. The lowest BCUT2D eigenvalue weighted by Crippen LogP contribution is -2.49. The van der Waals surface area contributed by atoms with Gasteiger partial charge in [-0.05, 0) is 76.2 Å². The topological polar surface area (TPSA) is 110 Å². The second-order valence-electron chi connectivity index (χ2n) is 8.57. The van der Waals surface area contributed by atoms with Crippen LogP contribution in [0.25, 0.3) is 0 Å². The molecule has 0 saturated heterocycles. The van der Waals surface area contributed by atoms with Crippen molar-refractivity contribution in [2.45, 2.75) is 12.1 Å². The number of halogens is 3. The molecule has 38 heavy (non-hydrogen) atoms. The molecule has 1 aliphatic rings. The molecule has 3 N–H and O–H groups in total. The summed E-state index contributed by atoms with van der Waals surface area (Å²) in [7, 11) is 0. The van der Waals surface area contributed by atoms with E-state index >= 15 is 0 Å². The van der Waals surface area contributed by atoms with E-state index in [4.69, 9.17) is 23.2 Å². The predicted octanol–water partition coefficient (Wildman–Crippen LogP) is 4.29. The van der Waals surface area contributed by atoms with Crippen LogP contribution >= 0.6 is 45.8 Å². The number of carbonyl (C=O) groups excluding carboxylic acids is 3.